The maximum absolute atomic E-state index is 13.1. The van der Waals surface area contributed by atoms with Crippen LogP contribution >= 0.6 is 11.6 Å². The topological polar surface area (TPSA) is 98.4 Å². The van der Waals surface area contributed by atoms with Gasteiger partial charge in [0.15, 0.2) is 0 Å². The number of hydrogen-bond acceptors (Lipinski definition) is 5. The second-order valence-electron chi connectivity index (χ2n) is 6.45. The average Bonchev–Trinajstić information content (AvgIpc) is 2.66. The Morgan fingerprint density at radius 3 is 2.54 bits per heavy atom. The van der Waals surface area contributed by atoms with E-state index >= 15 is 0 Å². The van der Waals surface area contributed by atoms with E-state index in [1.807, 2.05) is 13.0 Å². The van der Waals surface area contributed by atoms with Crippen LogP contribution in [0, 0.1) is 6.92 Å². The average molecular weight is 416 g/mol. The first-order chi connectivity index (χ1) is 13.2. The van der Waals surface area contributed by atoms with Crippen molar-refractivity contribution in [1.82, 2.24) is 9.38 Å². The van der Waals surface area contributed by atoms with E-state index in [1.165, 1.54) is 39.3 Å². The summed E-state index contributed by atoms with van der Waals surface area (Å²) in [6.07, 6.45) is 1.60. The minimum atomic E-state index is -3.96. The zero-order chi connectivity index (χ0) is 20.2. The Labute approximate surface area is 165 Å². The predicted molar refractivity (Wildman–Crippen MR) is 106 cm³/mol. The Bertz CT molecular complexity index is 1430. The van der Waals surface area contributed by atoms with Crippen molar-refractivity contribution in [2.45, 2.75) is 16.7 Å². The highest BCUT2D eigenvalue weighted by atomic mass is 35.5. The second-order valence-corrected chi connectivity index (χ2v) is 8.80. The number of fused-ring (bicyclic) bond motifs is 2. The first-order valence-corrected chi connectivity index (χ1v) is 10.2. The Morgan fingerprint density at radius 2 is 1.86 bits per heavy atom. The molecule has 0 unspecified atom stereocenters. The fourth-order valence-corrected chi connectivity index (χ4v) is 4.68. The van der Waals surface area contributed by atoms with Gasteiger partial charge in [0.1, 0.15) is 10.3 Å². The number of aromatic nitrogens is 3. The number of nitrogens with zero attached hydrogens (tertiary/aromatic N) is 3. The summed E-state index contributed by atoms with van der Waals surface area (Å²) < 4.78 is 29.1. The Morgan fingerprint density at radius 1 is 1.18 bits per heavy atom. The van der Waals surface area contributed by atoms with E-state index < -0.39 is 9.84 Å². The van der Waals surface area contributed by atoms with Crippen LogP contribution in [-0.2, 0) is 16.9 Å². The fourth-order valence-electron chi connectivity index (χ4n) is 3.12. The van der Waals surface area contributed by atoms with Gasteiger partial charge in [-0.1, -0.05) is 22.7 Å². The minimum Gasteiger partial charge on any atom is -0.317 e. The number of nitrogen functional groups attached to an aromatic ring is 1. The molecule has 0 radical (unpaired) electrons. The molecule has 28 heavy (non-hydrogen) atoms. The summed E-state index contributed by atoms with van der Waals surface area (Å²) in [6, 6.07) is 10.6. The zero-order valence-electron chi connectivity index (χ0n) is 15.0. The second kappa shape index (κ2) is 6.29. The quantitative estimate of drug-likeness (QED) is 0.399. The normalized spacial score (nSPS) is 12.0. The molecule has 0 bridgehead atoms. The monoisotopic (exact) mass is 415 g/mol. The molecule has 3 heterocycles. The third kappa shape index (κ3) is 2.64. The van der Waals surface area contributed by atoms with Crippen molar-refractivity contribution in [2.24, 2.45) is 7.05 Å². The van der Waals surface area contributed by atoms with Crippen LogP contribution < -0.4 is 15.9 Å². The number of benzene rings is 1. The lowest BCUT2D eigenvalue weighted by molar-refractivity contribution is -0.633. The highest BCUT2D eigenvalue weighted by molar-refractivity contribution is 7.91. The SMILES string of the molecule is Cc1cccn2c(=O)c3cc(S(=O)(=O)c4ccc(Cl)cc4)c(N)[n+](C)c3nc12. The van der Waals surface area contributed by atoms with Crippen molar-refractivity contribution in [3.63, 3.8) is 0 Å². The van der Waals surface area contributed by atoms with Gasteiger partial charge < -0.3 is 5.73 Å². The smallest absolute Gasteiger partial charge is 0.278 e. The van der Waals surface area contributed by atoms with Crippen molar-refractivity contribution in [1.29, 1.82) is 0 Å². The summed E-state index contributed by atoms with van der Waals surface area (Å²) in [4.78, 5) is 17.4. The molecular formula is C19H16ClN4O3S+. The summed E-state index contributed by atoms with van der Waals surface area (Å²) in [5.74, 6) is -0.00714. The van der Waals surface area contributed by atoms with E-state index in [0.717, 1.165) is 5.56 Å². The summed E-state index contributed by atoms with van der Waals surface area (Å²) in [7, 11) is -2.38. The molecule has 4 aromatic rings. The third-order valence-electron chi connectivity index (χ3n) is 4.68. The van der Waals surface area contributed by atoms with Crippen LogP contribution in [0.1, 0.15) is 5.56 Å². The molecule has 3 aromatic heterocycles. The maximum Gasteiger partial charge on any atom is 0.278 e. The van der Waals surface area contributed by atoms with Crippen molar-refractivity contribution in [3.05, 3.63) is 69.6 Å². The van der Waals surface area contributed by atoms with Gasteiger partial charge in [0.2, 0.25) is 21.3 Å². The van der Waals surface area contributed by atoms with Gasteiger partial charge in [-0.25, -0.2) is 13.0 Å². The van der Waals surface area contributed by atoms with E-state index in [2.05, 4.69) is 4.98 Å². The molecule has 0 aliphatic rings. The summed E-state index contributed by atoms with van der Waals surface area (Å²) in [5.41, 5.74) is 7.39. The largest absolute Gasteiger partial charge is 0.317 e. The van der Waals surface area contributed by atoms with E-state index in [0.29, 0.717) is 16.3 Å². The first kappa shape index (κ1) is 18.4. The molecule has 7 nitrogen and oxygen atoms in total. The summed E-state index contributed by atoms with van der Waals surface area (Å²) in [5, 5.41) is 0.576. The van der Waals surface area contributed by atoms with Gasteiger partial charge in [0.25, 0.3) is 11.2 Å². The Kier molecular flexibility index (Phi) is 4.13. The van der Waals surface area contributed by atoms with Crippen LogP contribution in [0.2, 0.25) is 5.02 Å². The van der Waals surface area contributed by atoms with Crippen molar-refractivity contribution in [3.8, 4) is 0 Å². The molecule has 9 heteroatoms. The summed E-state index contributed by atoms with van der Waals surface area (Å²) >= 11 is 5.86. The van der Waals surface area contributed by atoms with Crippen LogP contribution in [0.3, 0.4) is 0 Å². The predicted octanol–water partition coefficient (Wildman–Crippen LogP) is 2.05. The number of nitrogens with two attached hydrogens (primary N) is 1. The number of aryl methyl sites for hydroxylation is 2. The van der Waals surface area contributed by atoms with Gasteiger partial charge in [-0.05, 0) is 43.3 Å². The van der Waals surface area contributed by atoms with Crippen LogP contribution in [0.15, 0.2) is 63.2 Å². The molecule has 0 aliphatic heterocycles. The molecule has 142 valence electrons. The number of anilines is 1. The maximum atomic E-state index is 13.1. The number of hydrogen-bond donors (Lipinski definition) is 1. The van der Waals surface area contributed by atoms with Crippen molar-refractivity contribution >= 4 is 43.9 Å². The number of sulfone groups is 1. The Hall–Kier alpha value is -2.97. The molecule has 0 saturated heterocycles. The highest BCUT2D eigenvalue weighted by Crippen LogP contribution is 2.27. The van der Waals surface area contributed by atoms with E-state index in [4.69, 9.17) is 17.3 Å². The van der Waals surface area contributed by atoms with Gasteiger partial charge in [-0.3, -0.25) is 9.20 Å². The standard InChI is InChI=1S/C19H15ClN4O3S/c1-11-4-3-9-24-17(11)22-18-14(19(24)25)10-15(16(21)23(18)2)28(26,27)13-7-5-12(20)6-8-13/h3-10,21H,1-2H3/p+1. The van der Waals surface area contributed by atoms with E-state index in [9.17, 15) is 13.2 Å². The molecule has 0 aliphatic carbocycles. The molecule has 0 spiro atoms. The summed E-state index contributed by atoms with van der Waals surface area (Å²) in [6.45, 7) is 1.84. The van der Waals surface area contributed by atoms with E-state index in [1.54, 1.807) is 19.3 Å². The van der Waals surface area contributed by atoms with Gasteiger partial charge in [-0.15, -0.1) is 0 Å². The third-order valence-corrected chi connectivity index (χ3v) is 6.74. The van der Waals surface area contributed by atoms with Crippen LogP contribution in [-0.4, -0.2) is 17.8 Å². The lowest BCUT2D eigenvalue weighted by Crippen LogP contribution is -2.38. The molecule has 1 aromatic carbocycles. The van der Waals surface area contributed by atoms with Crippen molar-refractivity contribution in [2.75, 3.05) is 5.73 Å². The van der Waals surface area contributed by atoms with Gasteiger partial charge in [-0.2, -0.15) is 0 Å². The molecule has 0 fully saturated rings. The Balaban J connectivity index is 2.10. The number of halogens is 1. The molecule has 0 atom stereocenters. The highest BCUT2D eigenvalue weighted by Gasteiger charge is 2.28. The van der Waals surface area contributed by atoms with Crippen LogP contribution in [0.4, 0.5) is 5.82 Å². The van der Waals surface area contributed by atoms with Crippen LogP contribution in [0.25, 0.3) is 16.7 Å². The molecule has 2 N–H and O–H groups in total. The van der Waals surface area contributed by atoms with Crippen LogP contribution in [0.5, 0.6) is 0 Å². The van der Waals surface area contributed by atoms with Crippen molar-refractivity contribution < 1.29 is 13.0 Å². The zero-order valence-corrected chi connectivity index (χ0v) is 16.6. The lowest BCUT2D eigenvalue weighted by Gasteiger charge is -2.10. The van der Waals surface area contributed by atoms with Gasteiger partial charge in [0, 0.05) is 16.8 Å². The van der Waals surface area contributed by atoms with Gasteiger partial charge in [0.05, 0.1) is 11.9 Å². The lowest BCUT2D eigenvalue weighted by atomic mass is 10.2. The van der Waals surface area contributed by atoms with Gasteiger partial charge >= 0.3 is 0 Å². The first-order valence-electron chi connectivity index (χ1n) is 8.32. The van der Waals surface area contributed by atoms with E-state index in [-0.39, 0.29) is 26.6 Å². The number of pyridine rings is 2. The fraction of sp³-hybridized carbons (Fsp3) is 0.105. The molecule has 4 rings (SSSR count). The molecule has 0 saturated carbocycles. The molecular weight excluding hydrogens is 400 g/mol. The molecule has 0 amide bonds. The minimum absolute atomic E-state index is 0.00714. The number of rotatable bonds is 2.